The molecule has 1 saturated heterocycles. The normalized spacial score (nSPS) is 22.9. The molecular weight excluding hydrogens is 328 g/mol. The number of rotatable bonds is 2. The van der Waals surface area contributed by atoms with Gasteiger partial charge in [-0.1, -0.05) is 47.1 Å². The van der Waals surface area contributed by atoms with Gasteiger partial charge in [0.1, 0.15) is 0 Å². The standard InChI is InChI=1S/C18H13ClN2O3/c19-13-8-6-12(7-9-13)15-10-18(24-20-15)11-16(22)21(17(18)23)14-4-2-1-3-5-14/h1-9H,10-11H2/t18-/m1/s1. The van der Waals surface area contributed by atoms with Gasteiger partial charge >= 0.3 is 0 Å². The molecule has 0 saturated carbocycles. The van der Waals surface area contributed by atoms with E-state index in [2.05, 4.69) is 5.16 Å². The molecule has 1 spiro atoms. The fourth-order valence-corrected chi connectivity index (χ4v) is 3.16. The molecule has 2 amide bonds. The molecule has 0 radical (unpaired) electrons. The summed E-state index contributed by atoms with van der Waals surface area (Å²) in [6, 6.07) is 16.0. The first-order valence-corrected chi connectivity index (χ1v) is 7.90. The highest BCUT2D eigenvalue weighted by molar-refractivity contribution is 6.30. The third-order valence-electron chi connectivity index (χ3n) is 4.25. The summed E-state index contributed by atoms with van der Waals surface area (Å²) < 4.78 is 0. The van der Waals surface area contributed by atoms with Crippen molar-refractivity contribution in [1.82, 2.24) is 0 Å². The molecule has 5 nitrogen and oxygen atoms in total. The monoisotopic (exact) mass is 340 g/mol. The van der Waals surface area contributed by atoms with Gasteiger partial charge in [-0.2, -0.15) is 0 Å². The van der Waals surface area contributed by atoms with Crippen LogP contribution >= 0.6 is 11.6 Å². The lowest BCUT2D eigenvalue weighted by Gasteiger charge is -2.19. The highest BCUT2D eigenvalue weighted by Crippen LogP contribution is 2.39. The molecule has 1 atom stereocenters. The molecule has 24 heavy (non-hydrogen) atoms. The van der Waals surface area contributed by atoms with Crippen LogP contribution < -0.4 is 4.90 Å². The molecule has 0 aliphatic carbocycles. The van der Waals surface area contributed by atoms with Crippen molar-refractivity contribution < 1.29 is 14.4 Å². The summed E-state index contributed by atoms with van der Waals surface area (Å²) in [5.74, 6) is -0.648. The number of amides is 2. The average molecular weight is 341 g/mol. The van der Waals surface area contributed by atoms with Crippen molar-refractivity contribution in [2.45, 2.75) is 18.4 Å². The summed E-state index contributed by atoms with van der Waals surface area (Å²) in [4.78, 5) is 31.9. The second-order valence-electron chi connectivity index (χ2n) is 5.85. The zero-order valence-corrected chi connectivity index (χ0v) is 13.4. The SMILES string of the molecule is O=C1C[C@]2(CC(c3ccc(Cl)cc3)=NO2)C(=O)N1c1ccccc1. The largest absolute Gasteiger partial charge is 0.378 e. The van der Waals surface area contributed by atoms with E-state index in [1.807, 2.05) is 18.2 Å². The van der Waals surface area contributed by atoms with Crippen molar-refractivity contribution >= 4 is 34.8 Å². The highest BCUT2D eigenvalue weighted by atomic mass is 35.5. The quantitative estimate of drug-likeness (QED) is 0.789. The average Bonchev–Trinajstić information content (AvgIpc) is 3.11. The number of carbonyl (C=O) groups is 2. The number of hydrogen-bond donors (Lipinski definition) is 0. The Kier molecular flexibility index (Phi) is 3.39. The number of benzene rings is 2. The molecule has 2 aromatic rings. The maximum atomic E-state index is 12.9. The van der Waals surface area contributed by atoms with E-state index in [0.717, 1.165) is 5.56 Å². The maximum Gasteiger partial charge on any atom is 0.281 e. The number of imide groups is 1. The lowest BCUT2D eigenvalue weighted by atomic mass is 9.92. The van der Waals surface area contributed by atoms with Crippen molar-refractivity contribution in [3.63, 3.8) is 0 Å². The highest BCUT2D eigenvalue weighted by Gasteiger charge is 2.57. The molecule has 6 heteroatoms. The number of para-hydroxylation sites is 1. The summed E-state index contributed by atoms with van der Waals surface area (Å²) in [6.07, 6.45) is 0.254. The topological polar surface area (TPSA) is 59.0 Å². The smallest absolute Gasteiger partial charge is 0.281 e. The third kappa shape index (κ3) is 2.29. The number of halogens is 1. The van der Waals surface area contributed by atoms with Crippen LogP contribution in [0.15, 0.2) is 59.8 Å². The van der Waals surface area contributed by atoms with Crippen molar-refractivity contribution in [3.05, 3.63) is 65.2 Å². The molecule has 2 aliphatic rings. The Balaban J connectivity index is 1.61. The fraction of sp³-hybridized carbons (Fsp3) is 0.167. The van der Waals surface area contributed by atoms with Crippen molar-refractivity contribution in [3.8, 4) is 0 Å². The molecule has 0 aromatic heterocycles. The van der Waals surface area contributed by atoms with Crippen LogP contribution in [-0.4, -0.2) is 23.1 Å². The minimum absolute atomic E-state index is 0.0126. The van der Waals surface area contributed by atoms with Gasteiger partial charge in [0.2, 0.25) is 11.5 Å². The van der Waals surface area contributed by atoms with E-state index in [4.69, 9.17) is 16.4 Å². The molecule has 4 rings (SSSR count). The van der Waals surface area contributed by atoms with Gasteiger partial charge in [0.25, 0.3) is 5.91 Å². The number of carbonyl (C=O) groups excluding carboxylic acids is 2. The van der Waals surface area contributed by atoms with Crippen molar-refractivity contribution in [2.75, 3.05) is 4.90 Å². The van der Waals surface area contributed by atoms with Crippen molar-refractivity contribution in [1.29, 1.82) is 0 Å². The lowest BCUT2D eigenvalue weighted by Crippen LogP contribution is -2.40. The molecule has 1 fully saturated rings. The van der Waals surface area contributed by atoms with E-state index in [9.17, 15) is 9.59 Å². The second kappa shape index (κ2) is 5.46. The number of oxime groups is 1. The molecule has 2 aromatic carbocycles. The van der Waals surface area contributed by atoms with Gasteiger partial charge in [0.05, 0.1) is 17.8 Å². The summed E-state index contributed by atoms with van der Waals surface area (Å²) >= 11 is 5.89. The zero-order chi connectivity index (χ0) is 16.7. The first-order valence-electron chi connectivity index (χ1n) is 7.52. The summed E-state index contributed by atoms with van der Waals surface area (Å²) in [5, 5.41) is 4.68. The van der Waals surface area contributed by atoms with E-state index in [-0.39, 0.29) is 24.7 Å². The first-order chi connectivity index (χ1) is 11.6. The van der Waals surface area contributed by atoms with Crippen LogP contribution in [0.1, 0.15) is 18.4 Å². The van der Waals surface area contributed by atoms with Crippen LogP contribution in [0.4, 0.5) is 5.69 Å². The van der Waals surface area contributed by atoms with Gasteiger partial charge in [-0.05, 0) is 29.8 Å². The Morgan fingerprint density at radius 2 is 1.71 bits per heavy atom. The van der Waals surface area contributed by atoms with Crippen LogP contribution in [0.3, 0.4) is 0 Å². The van der Waals surface area contributed by atoms with Gasteiger partial charge in [0.15, 0.2) is 0 Å². The lowest BCUT2D eigenvalue weighted by molar-refractivity contribution is -0.136. The van der Waals surface area contributed by atoms with Crippen LogP contribution in [0.2, 0.25) is 5.02 Å². The van der Waals surface area contributed by atoms with E-state index < -0.39 is 5.60 Å². The fourth-order valence-electron chi connectivity index (χ4n) is 3.04. The van der Waals surface area contributed by atoms with Gasteiger partial charge in [0, 0.05) is 11.4 Å². The third-order valence-corrected chi connectivity index (χ3v) is 4.51. The van der Waals surface area contributed by atoms with Gasteiger partial charge in [-0.3, -0.25) is 9.59 Å². The summed E-state index contributed by atoms with van der Waals surface area (Å²) in [7, 11) is 0. The van der Waals surface area contributed by atoms with Gasteiger partial charge < -0.3 is 4.84 Å². The predicted octanol–water partition coefficient (Wildman–Crippen LogP) is 3.17. The molecule has 0 unspecified atom stereocenters. The summed E-state index contributed by atoms with van der Waals surface area (Å²) in [6.45, 7) is 0. The Bertz CT molecular complexity index is 848. The van der Waals surface area contributed by atoms with E-state index in [0.29, 0.717) is 16.4 Å². The Hall–Kier alpha value is -2.66. The molecule has 2 heterocycles. The van der Waals surface area contributed by atoms with E-state index in [1.54, 1.807) is 36.4 Å². The Morgan fingerprint density at radius 1 is 1.00 bits per heavy atom. The molecule has 2 aliphatic heterocycles. The van der Waals surface area contributed by atoms with E-state index >= 15 is 0 Å². The van der Waals surface area contributed by atoms with Crippen LogP contribution in [-0.2, 0) is 14.4 Å². The van der Waals surface area contributed by atoms with Crippen LogP contribution in [0, 0.1) is 0 Å². The van der Waals surface area contributed by atoms with Gasteiger partial charge in [-0.15, -0.1) is 0 Å². The molecule has 0 bridgehead atoms. The minimum Gasteiger partial charge on any atom is -0.378 e. The van der Waals surface area contributed by atoms with E-state index in [1.165, 1.54) is 4.90 Å². The molecule has 120 valence electrons. The second-order valence-corrected chi connectivity index (χ2v) is 6.29. The van der Waals surface area contributed by atoms with Crippen LogP contribution in [0.25, 0.3) is 0 Å². The maximum absolute atomic E-state index is 12.9. The number of anilines is 1. The number of nitrogens with zero attached hydrogens (tertiary/aromatic N) is 2. The van der Waals surface area contributed by atoms with Crippen LogP contribution in [0.5, 0.6) is 0 Å². The molecular formula is C18H13ClN2O3. The first kappa shape index (κ1) is 14.9. The Labute approximate surface area is 143 Å². The minimum atomic E-state index is -1.23. The van der Waals surface area contributed by atoms with Crippen molar-refractivity contribution in [2.24, 2.45) is 5.16 Å². The van der Waals surface area contributed by atoms with Gasteiger partial charge in [-0.25, -0.2) is 4.90 Å². The predicted molar refractivity (Wildman–Crippen MR) is 90.0 cm³/mol. The summed E-state index contributed by atoms with van der Waals surface area (Å²) in [5.41, 5.74) is 0.785. The zero-order valence-electron chi connectivity index (χ0n) is 12.6. The molecule has 0 N–H and O–H groups in total. The Morgan fingerprint density at radius 3 is 2.42 bits per heavy atom. The number of hydrogen-bond acceptors (Lipinski definition) is 4.